The zero-order valence-corrected chi connectivity index (χ0v) is 18.4. The quantitative estimate of drug-likeness (QED) is 0.540. The third kappa shape index (κ3) is 5.54. The van der Waals surface area contributed by atoms with Crippen LogP contribution in [0.25, 0.3) is 11.1 Å². The number of nitrogens with one attached hydrogen (secondary N) is 1. The number of nitrogens with zero attached hydrogens (tertiary/aromatic N) is 1. The molecule has 0 bridgehead atoms. The Morgan fingerprint density at radius 3 is 2.25 bits per heavy atom. The SMILES string of the molecule is COc1ccc(-c2ccc(C(=O)NCCc3ccc(CN4CCCC4)cc3)c(F)c2)cc1. The summed E-state index contributed by atoms with van der Waals surface area (Å²) in [5, 5.41) is 2.83. The third-order valence-corrected chi connectivity index (χ3v) is 5.96. The van der Waals surface area contributed by atoms with Gasteiger partial charge in [0.2, 0.25) is 0 Å². The Labute approximate surface area is 189 Å². The molecular weight excluding hydrogens is 403 g/mol. The molecule has 1 aliphatic heterocycles. The number of carbonyl (C=O) groups is 1. The maximum absolute atomic E-state index is 14.6. The van der Waals surface area contributed by atoms with Gasteiger partial charge in [0.05, 0.1) is 12.7 Å². The summed E-state index contributed by atoms with van der Waals surface area (Å²) in [5.41, 5.74) is 4.12. The van der Waals surface area contributed by atoms with Crippen molar-refractivity contribution in [3.63, 3.8) is 0 Å². The van der Waals surface area contributed by atoms with Crippen LogP contribution in [0.1, 0.15) is 34.3 Å². The van der Waals surface area contributed by atoms with Crippen molar-refractivity contribution in [2.45, 2.75) is 25.8 Å². The summed E-state index contributed by atoms with van der Waals surface area (Å²) in [5.74, 6) is -0.178. The van der Waals surface area contributed by atoms with E-state index in [1.807, 2.05) is 24.3 Å². The van der Waals surface area contributed by atoms with E-state index in [2.05, 4.69) is 34.5 Å². The van der Waals surface area contributed by atoms with Crippen molar-refractivity contribution >= 4 is 5.91 Å². The Morgan fingerprint density at radius 1 is 0.938 bits per heavy atom. The lowest BCUT2D eigenvalue weighted by atomic mass is 10.0. The van der Waals surface area contributed by atoms with E-state index >= 15 is 0 Å². The van der Waals surface area contributed by atoms with Crippen molar-refractivity contribution in [2.24, 2.45) is 0 Å². The first-order valence-electron chi connectivity index (χ1n) is 11.1. The first-order chi connectivity index (χ1) is 15.6. The molecule has 166 valence electrons. The minimum absolute atomic E-state index is 0.0585. The van der Waals surface area contributed by atoms with Crippen molar-refractivity contribution in [2.75, 3.05) is 26.7 Å². The van der Waals surface area contributed by atoms with Crippen molar-refractivity contribution in [3.05, 3.63) is 89.2 Å². The van der Waals surface area contributed by atoms with Gasteiger partial charge in [0.1, 0.15) is 11.6 Å². The topological polar surface area (TPSA) is 41.6 Å². The standard InChI is InChI=1S/C27H29FN2O2/c1-32-24-11-8-22(9-12-24)23-10-13-25(26(28)18-23)27(31)29-15-14-20-4-6-21(7-5-20)19-30-16-2-3-17-30/h4-13,18H,2-3,14-17,19H2,1H3,(H,29,31). The molecule has 1 aliphatic rings. The molecule has 4 rings (SSSR count). The third-order valence-electron chi connectivity index (χ3n) is 5.96. The number of carbonyl (C=O) groups excluding carboxylic acids is 1. The molecule has 5 heteroatoms. The lowest BCUT2D eigenvalue weighted by Gasteiger charge is -2.14. The number of hydrogen-bond acceptors (Lipinski definition) is 3. The van der Waals surface area contributed by atoms with Crippen LogP contribution in [0.5, 0.6) is 5.75 Å². The maximum atomic E-state index is 14.6. The molecule has 0 aromatic heterocycles. The van der Waals surface area contributed by atoms with Gasteiger partial charge in [-0.3, -0.25) is 9.69 Å². The van der Waals surface area contributed by atoms with Crippen LogP contribution in [0.15, 0.2) is 66.7 Å². The fraction of sp³-hybridized carbons (Fsp3) is 0.296. The average Bonchev–Trinajstić information content (AvgIpc) is 3.33. The number of benzene rings is 3. The van der Waals surface area contributed by atoms with Crippen LogP contribution in [0.3, 0.4) is 0 Å². The molecule has 3 aromatic rings. The van der Waals surface area contributed by atoms with Crippen LogP contribution < -0.4 is 10.1 Å². The van der Waals surface area contributed by atoms with Crippen LogP contribution in [0, 0.1) is 5.82 Å². The molecule has 0 saturated carbocycles. The summed E-state index contributed by atoms with van der Waals surface area (Å²) in [7, 11) is 1.60. The summed E-state index contributed by atoms with van der Waals surface area (Å²) in [4.78, 5) is 14.9. The number of hydrogen-bond donors (Lipinski definition) is 1. The van der Waals surface area contributed by atoms with E-state index in [4.69, 9.17) is 4.74 Å². The van der Waals surface area contributed by atoms with E-state index in [0.717, 1.165) is 29.0 Å². The van der Waals surface area contributed by atoms with E-state index in [1.54, 1.807) is 13.2 Å². The lowest BCUT2D eigenvalue weighted by molar-refractivity contribution is 0.0950. The fourth-order valence-corrected chi connectivity index (χ4v) is 4.09. The number of ether oxygens (including phenoxy) is 1. The molecule has 4 nitrogen and oxygen atoms in total. The molecule has 0 radical (unpaired) electrons. The molecule has 3 aromatic carbocycles. The molecule has 1 fully saturated rings. The molecule has 1 saturated heterocycles. The van der Waals surface area contributed by atoms with Crippen LogP contribution >= 0.6 is 0 Å². The predicted octanol–water partition coefficient (Wildman–Crippen LogP) is 5.07. The maximum Gasteiger partial charge on any atom is 0.254 e. The highest BCUT2D eigenvalue weighted by Gasteiger charge is 2.13. The second kappa shape index (κ2) is 10.4. The van der Waals surface area contributed by atoms with E-state index in [0.29, 0.717) is 13.0 Å². The molecule has 32 heavy (non-hydrogen) atoms. The summed E-state index contributed by atoms with van der Waals surface area (Å²) in [6.07, 6.45) is 3.30. The van der Waals surface area contributed by atoms with Gasteiger partial charge >= 0.3 is 0 Å². The normalized spacial score (nSPS) is 13.8. The van der Waals surface area contributed by atoms with Crippen molar-refractivity contribution in [3.8, 4) is 16.9 Å². The minimum Gasteiger partial charge on any atom is -0.497 e. The number of methoxy groups -OCH3 is 1. The van der Waals surface area contributed by atoms with Crippen molar-refractivity contribution < 1.29 is 13.9 Å². The van der Waals surface area contributed by atoms with Crippen LogP contribution in [0.2, 0.25) is 0 Å². The number of amides is 1. The van der Waals surface area contributed by atoms with Gasteiger partial charge in [-0.2, -0.15) is 0 Å². The van der Waals surface area contributed by atoms with Crippen LogP contribution in [-0.4, -0.2) is 37.6 Å². The zero-order valence-electron chi connectivity index (χ0n) is 18.4. The van der Waals surface area contributed by atoms with E-state index in [-0.39, 0.29) is 5.56 Å². The lowest BCUT2D eigenvalue weighted by Crippen LogP contribution is -2.26. The molecule has 0 unspecified atom stereocenters. The molecular formula is C27H29FN2O2. The molecule has 0 atom stereocenters. The Hall–Kier alpha value is -3.18. The largest absolute Gasteiger partial charge is 0.497 e. The first kappa shape index (κ1) is 22.0. The molecule has 0 spiro atoms. The first-order valence-corrected chi connectivity index (χ1v) is 11.1. The minimum atomic E-state index is -0.526. The fourth-order valence-electron chi connectivity index (χ4n) is 4.09. The average molecular weight is 433 g/mol. The number of halogens is 1. The zero-order chi connectivity index (χ0) is 22.3. The van der Waals surface area contributed by atoms with Gasteiger partial charge in [0, 0.05) is 13.1 Å². The van der Waals surface area contributed by atoms with Crippen molar-refractivity contribution in [1.82, 2.24) is 10.2 Å². The van der Waals surface area contributed by atoms with Gasteiger partial charge in [-0.25, -0.2) is 4.39 Å². The summed E-state index contributed by atoms with van der Waals surface area (Å²) >= 11 is 0. The van der Waals surface area contributed by atoms with Crippen LogP contribution in [0.4, 0.5) is 4.39 Å². The molecule has 1 N–H and O–H groups in total. The Kier molecular flexibility index (Phi) is 7.17. The second-order valence-corrected chi connectivity index (χ2v) is 8.23. The van der Waals surface area contributed by atoms with Gasteiger partial charge in [-0.1, -0.05) is 42.5 Å². The highest BCUT2D eigenvalue weighted by molar-refractivity contribution is 5.95. The Balaban J connectivity index is 1.29. The summed E-state index contributed by atoms with van der Waals surface area (Å²) in [6, 6.07) is 20.6. The monoisotopic (exact) mass is 432 g/mol. The highest BCUT2D eigenvalue weighted by atomic mass is 19.1. The molecule has 1 amide bonds. The van der Waals surface area contributed by atoms with Gasteiger partial charge < -0.3 is 10.1 Å². The van der Waals surface area contributed by atoms with E-state index < -0.39 is 11.7 Å². The molecule has 1 heterocycles. The smallest absolute Gasteiger partial charge is 0.254 e. The number of likely N-dealkylation sites (tertiary alicyclic amines) is 1. The van der Waals surface area contributed by atoms with Gasteiger partial charge in [-0.05, 0) is 78.9 Å². The second-order valence-electron chi connectivity index (χ2n) is 8.23. The van der Waals surface area contributed by atoms with E-state index in [1.165, 1.54) is 43.6 Å². The summed E-state index contributed by atoms with van der Waals surface area (Å²) < 4.78 is 19.8. The molecule has 0 aliphatic carbocycles. The van der Waals surface area contributed by atoms with Gasteiger partial charge in [0.15, 0.2) is 0 Å². The van der Waals surface area contributed by atoms with Crippen molar-refractivity contribution in [1.29, 1.82) is 0 Å². The van der Waals surface area contributed by atoms with Gasteiger partial charge in [0.25, 0.3) is 5.91 Å². The van der Waals surface area contributed by atoms with Gasteiger partial charge in [-0.15, -0.1) is 0 Å². The number of rotatable bonds is 8. The summed E-state index contributed by atoms with van der Waals surface area (Å²) in [6.45, 7) is 3.84. The Bertz CT molecular complexity index is 1040. The predicted molar refractivity (Wildman–Crippen MR) is 125 cm³/mol. The van der Waals surface area contributed by atoms with E-state index in [9.17, 15) is 9.18 Å². The Morgan fingerprint density at radius 2 is 1.59 bits per heavy atom. The highest BCUT2D eigenvalue weighted by Crippen LogP contribution is 2.24. The van der Waals surface area contributed by atoms with Crippen LogP contribution in [-0.2, 0) is 13.0 Å².